The van der Waals surface area contributed by atoms with Gasteiger partial charge in [0, 0.05) is 5.92 Å². The van der Waals surface area contributed by atoms with E-state index < -0.39 is 17.6 Å². The minimum absolute atomic E-state index is 0. The monoisotopic (exact) mass is 492 g/mol. The van der Waals surface area contributed by atoms with E-state index in [0.717, 1.165) is 49.7 Å². The van der Waals surface area contributed by atoms with E-state index in [9.17, 15) is 14.3 Å². The van der Waals surface area contributed by atoms with E-state index in [1.807, 2.05) is 24.3 Å². The van der Waals surface area contributed by atoms with Crippen LogP contribution in [0.4, 0.5) is 8.78 Å². The van der Waals surface area contributed by atoms with Gasteiger partial charge in [0.05, 0.1) is 19.8 Å². The summed E-state index contributed by atoms with van der Waals surface area (Å²) < 4.78 is 40.7. The van der Waals surface area contributed by atoms with Gasteiger partial charge >= 0.3 is 5.97 Å². The molecule has 1 N–H and O–H groups in total. The van der Waals surface area contributed by atoms with Crippen LogP contribution in [0.15, 0.2) is 42.5 Å². The van der Waals surface area contributed by atoms with E-state index in [0.29, 0.717) is 17.9 Å². The first-order chi connectivity index (χ1) is 15.8. The van der Waals surface area contributed by atoms with Gasteiger partial charge in [0.1, 0.15) is 11.6 Å². The maximum Gasteiger partial charge on any atom is 0.341 e. The molecule has 186 valence electrons. The van der Waals surface area contributed by atoms with Gasteiger partial charge in [-0.3, -0.25) is 0 Å². The summed E-state index contributed by atoms with van der Waals surface area (Å²) in [4.78, 5) is 11.5. The maximum atomic E-state index is 15.0. The molecule has 0 aromatic heterocycles. The van der Waals surface area contributed by atoms with Crippen molar-refractivity contribution in [3.8, 4) is 5.75 Å². The van der Waals surface area contributed by atoms with Gasteiger partial charge in [0.2, 0.25) is 5.67 Å². The normalized spacial score (nSPS) is 22.8. The van der Waals surface area contributed by atoms with Crippen LogP contribution in [-0.2, 0) is 16.1 Å². The van der Waals surface area contributed by atoms with Crippen LogP contribution in [-0.4, -0.2) is 30.0 Å². The van der Waals surface area contributed by atoms with E-state index in [1.54, 1.807) is 19.2 Å². The molecule has 2 aromatic rings. The minimum atomic E-state index is -2.30. The van der Waals surface area contributed by atoms with Crippen molar-refractivity contribution in [2.24, 2.45) is 5.92 Å². The first-order valence-corrected chi connectivity index (χ1v) is 11.8. The molecule has 2 atom stereocenters. The summed E-state index contributed by atoms with van der Waals surface area (Å²) in [6, 6.07) is 12.4. The summed E-state index contributed by atoms with van der Waals surface area (Å²) in [7, 11) is 1.58. The van der Waals surface area contributed by atoms with Gasteiger partial charge < -0.3 is 14.6 Å². The van der Waals surface area contributed by atoms with Crippen molar-refractivity contribution >= 4 is 19.5 Å². The van der Waals surface area contributed by atoms with E-state index in [2.05, 4.69) is 0 Å². The molecule has 4 nitrogen and oxygen atoms in total. The Morgan fingerprint density at radius 3 is 2.44 bits per heavy atom. The second-order valence-corrected chi connectivity index (χ2v) is 9.61. The zero-order valence-electron chi connectivity index (χ0n) is 19.7. The molecule has 7 heteroatoms. The topological polar surface area (TPSA) is 55.8 Å². The summed E-state index contributed by atoms with van der Waals surface area (Å²) >= 11 is 0. The summed E-state index contributed by atoms with van der Waals surface area (Å²) in [5.74, 6) is -1.36. The Balaban J connectivity index is 0.00000324. The van der Waals surface area contributed by atoms with Crippen LogP contribution in [0, 0.1) is 11.7 Å². The predicted molar refractivity (Wildman–Crippen MR) is 132 cm³/mol. The summed E-state index contributed by atoms with van der Waals surface area (Å²) in [6.45, 7) is 1.56. The molecule has 2 saturated carbocycles. The minimum Gasteiger partial charge on any atom is -0.497 e. The molecule has 2 aromatic carbocycles. The number of carboxylic acid groups (broad SMARTS) is 1. The lowest BCUT2D eigenvalue weighted by Crippen LogP contribution is -2.38. The first kappa shape index (κ1) is 26.5. The number of ether oxygens (including phenoxy) is 2. The smallest absolute Gasteiger partial charge is 0.341 e. The second kappa shape index (κ2) is 11.1. The lowest BCUT2D eigenvalue weighted by molar-refractivity contribution is -0.151. The third kappa shape index (κ3) is 5.92. The summed E-state index contributed by atoms with van der Waals surface area (Å²) in [6.07, 6.45) is 5.17. The van der Waals surface area contributed by atoms with Crippen molar-refractivity contribution in [1.82, 2.24) is 0 Å². The fourth-order valence-corrected chi connectivity index (χ4v) is 5.18. The maximum absolute atomic E-state index is 15.0. The molecule has 34 heavy (non-hydrogen) atoms. The number of carbonyl (C=O) groups is 1. The number of halogens is 2. The summed E-state index contributed by atoms with van der Waals surface area (Å²) in [5, 5.41) is 9.41. The van der Waals surface area contributed by atoms with E-state index in [-0.39, 0.29) is 37.3 Å². The average molecular weight is 493 g/mol. The van der Waals surface area contributed by atoms with Gasteiger partial charge in [-0.1, -0.05) is 24.3 Å². The Morgan fingerprint density at radius 2 is 1.82 bits per heavy atom. The van der Waals surface area contributed by atoms with Crippen molar-refractivity contribution in [3.05, 3.63) is 65.0 Å². The van der Waals surface area contributed by atoms with Gasteiger partial charge in [0.25, 0.3) is 0 Å². The van der Waals surface area contributed by atoms with Crippen molar-refractivity contribution in [2.75, 3.05) is 7.11 Å². The van der Waals surface area contributed by atoms with Gasteiger partial charge in [-0.15, -0.1) is 0 Å². The molecule has 0 heterocycles. The largest absolute Gasteiger partial charge is 0.497 e. The fourth-order valence-electron chi connectivity index (χ4n) is 5.18. The fraction of sp³-hybridized carbons (Fsp3) is 0.519. The first-order valence-electron chi connectivity index (χ1n) is 11.8. The van der Waals surface area contributed by atoms with Crippen molar-refractivity contribution in [2.45, 2.75) is 75.7 Å². The molecular formula is C27H34F2O4S. The lowest BCUT2D eigenvalue weighted by atomic mass is 9.80. The molecule has 2 aliphatic carbocycles. The van der Waals surface area contributed by atoms with Gasteiger partial charge in [-0.05, 0) is 92.2 Å². The zero-order valence-corrected chi connectivity index (χ0v) is 20.7. The van der Waals surface area contributed by atoms with Gasteiger partial charge in [0.15, 0.2) is 0 Å². The van der Waals surface area contributed by atoms with Crippen LogP contribution in [0.5, 0.6) is 5.75 Å². The van der Waals surface area contributed by atoms with Crippen LogP contribution in [0.1, 0.15) is 74.0 Å². The predicted octanol–water partition coefficient (Wildman–Crippen LogP) is 6.50. The van der Waals surface area contributed by atoms with Crippen LogP contribution < -0.4 is 4.74 Å². The molecule has 0 radical (unpaired) electrons. The Hall–Kier alpha value is -2.12. The highest BCUT2D eigenvalue weighted by Gasteiger charge is 2.50. The molecule has 0 amide bonds. The third-order valence-corrected chi connectivity index (χ3v) is 7.21. The Labute approximate surface area is 207 Å². The quantitative estimate of drug-likeness (QED) is 0.434. The number of alkyl halides is 1. The molecular weight excluding hydrogens is 458 g/mol. The standard InChI is InChI=1S/C27H32F2O4.H2S/c1-27(29,26(30)31)25(19-6-7-19)20-5-3-4-17(14-20)16-33-21-10-8-18(9-11-21)23-15-22(32-2)12-13-24(23)28;/h3-5,12-15,18-19,21,25H,6-11,16H2,1-2H3,(H,30,31);1H2/t18?,21?,25-,27?;/m0./s1. The molecule has 0 aliphatic heterocycles. The van der Waals surface area contributed by atoms with Crippen LogP contribution in [0.25, 0.3) is 0 Å². The number of hydrogen-bond acceptors (Lipinski definition) is 3. The Kier molecular flexibility index (Phi) is 8.63. The number of hydrogen-bond donors (Lipinski definition) is 1. The van der Waals surface area contributed by atoms with E-state index >= 15 is 4.39 Å². The Morgan fingerprint density at radius 1 is 1.12 bits per heavy atom. The Bertz CT molecular complexity index is 984. The highest BCUT2D eigenvalue weighted by Crippen LogP contribution is 2.50. The molecule has 0 bridgehead atoms. The molecule has 1 unspecified atom stereocenters. The van der Waals surface area contributed by atoms with Crippen LogP contribution >= 0.6 is 13.5 Å². The number of carboxylic acids is 1. The van der Waals surface area contributed by atoms with Crippen molar-refractivity contribution in [1.29, 1.82) is 0 Å². The van der Waals surface area contributed by atoms with Gasteiger partial charge in [-0.2, -0.15) is 13.5 Å². The number of methoxy groups -OCH3 is 1. The highest BCUT2D eigenvalue weighted by atomic mass is 32.1. The van der Waals surface area contributed by atoms with Gasteiger partial charge in [-0.25, -0.2) is 13.6 Å². The number of benzene rings is 2. The third-order valence-electron chi connectivity index (χ3n) is 7.21. The summed E-state index contributed by atoms with van der Waals surface area (Å²) in [5.41, 5.74) is 0.0526. The molecule has 0 spiro atoms. The average Bonchev–Trinajstić information content (AvgIpc) is 3.63. The molecule has 4 rings (SSSR count). The molecule has 0 saturated heterocycles. The van der Waals surface area contributed by atoms with E-state index in [4.69, 9.17) is 9.47 Å². The molecule has 2 aliphatic rings. The van der Waals surface area contributed by atoms with Crippen LogP contribution in [0.2, 0.25) is 0 Å². The van der Waals surface area contributed by atoms with Crippen molar-refractivity contribution in [3.63, 3.8) is 0 Å². The number of rotatable bonds is 9. The lowest BCUT2D eigenvalue weighted by Gasteiger charge is -2.30. The van der Waals surface area contributed by atoms with Crippen LogP contribution in [0.3, 0.4) is 0 Å². The SMILES string of the molecule is COc1ccc(F)c(C2CCC(OCc3cccc([C@H](C4CC4)C(C)(F)C(=O)O)c3)CC2)c1.S. The van der Waals surface area contributed by atoms with E-state index in [1.165, 1.54) is 13.0 Å². The number of aliphatic carboxylic acids is 1. The second-order valence-electron chi connectivity index (χ2n) is 9.61. The zero-order chi connectivity index (χ0) is 23.6. The molecule has 2 fully saturated rings. The van der Waals surface area contributed by atoms with Crippen molar-refractivity contribution < 1.29 is 28.2 Å². The highest BCUT2D eigenvalue weighted by molar-refractivity contribution is 7.59.